The molecule has 5 nitrogen and oxygen atoms in total. The highest BCUT2D eigenvalue weighted by Gasteiger charge is 2.31. The number of anilines is 1. The van der Waals surface area contributed by atoms with Gasteiger partial charge in [-0.2, -0.15) is 13.2 Å². The molecule has 1 N–H and O–H groups in total. The quantitative estimate of drug-likeness (QED) is 0.691. The van der Waals surface area contributed by atoms with Gasteiger partial charge in [0.2, 0.25) is 0 Å². The third-order valence-corrected chi connectivity index (χ3v) is 6.30. The van der Waals surface area contributed by atoms with E-state index in [0.717, 1.165) is 23.5 Å². The molecule has 0 unspecified atom stereocenters. The number of thiazole rings is 1. The molecule has 0 saturated heterocycles. The van der Waals surface area contributed by atoms with Gasteiger partial charge in [-0.05, 0) is 36.4 Å². The van der Waals surface area contributed by atoms with Crippen LogP contribution >= 0.6 is 22.9 Å². The minimum atomic E-state index is -4.64. The van der Waals surface area contributed by atoms with Crippen LogP contribution in [0.4, 0.5) is 18.9 Å². The van der Waals surface area contributed by atoms with E-state index >= 15 is 0 Å². The second-order valence-corrected chi connectivity index (χ2v) is 8.44. The van der Waals surface area contributed by atoms with Gasteiger partial charge in [-0.3, -0.25) is 9.52 Å². The molecule has 0 aliphatic heterocycles. The molecule has 3 aromatic rings. The van der Waals surface area contributed by atoms with Gasteiger partial charge < -0.3 is 4.57 Å². The van der Waals surface area contributed by atoms with E-state index in [1.807, 2.05) is 0 Å². The lowest BCUT2D eigenvalue weighted by atomic mass is 10.2. The molecule has 0 fully saturated rings. The van der Waals surface area contributed by atoms with Gasteiger partial charge in [0.15, 0.2) is 0 Å². The van der Waals surface area contributed by atoms with Crippen LogP contribution in [0.25, 0.3) is 10.2 Å². The van der Waals surface area contributed by atoms with E-state index in [0.29, 0.717) is 16.3 Å². The maximum atomic E-state index is 12.8. The lowest BCUT2D eigenvalue weighted by Crippen LogP contribution is -2.14. The molecule has 2 aromatic carbocycles. The zero-order valence-corrected chi connectivity index (χ0v) is 15.4. The summed E-state index contributed by atoms with van der Waals surface area (Å²) in [6, 6.07) is 6.35. The first-order valence-corrected chi connectivity index (χ1v) is 9.66. The van der Waals surface area contributed by atoms with E-state index in [4.69, 9.17) is 11.6 Å². The maximum Gasteiger partial charge on any atom is 0.416 e. The molecule has 0 aliphatic rings. The van der Waals surface area contributed by atoms with Crippen LogP contribution in [0, 0.1) is 0 Å². The molecular weight excluding hydrogens is 413 g/mol. The van der Waals surface area contributed by atoms with Crippen LogP contribution in [-0.4, -0.2) is 13.0 Å². The summed E-state index contributed by atoms with van der Waals surface area (Å²) in [7, 11) is -2.65. The molecule has 0 bridgehead atoms. The normalized spacial score (nSPS) is 12.5. The molecule has 0 spiro atoms. The summed E-state index contributed by atoms with van der Waals surface area (Å²) >= 11 is 6.69. The summed E-state index contributed by atoms with van der Waals surface area (Å²) in [6.45, 7) is 0. The Kier molecular flexibility index (Phi) is 4.53. The number of hydrogen-bond donors (Lipinski definition) is 1. The standard InChI is InChI=1S/C15H10ClF3N2O3S2/c1-21-12-5-3-9(7-13(12)25-14(21)22)26(23,24)20-11-6-8(15(17,18)19)2-4-10(11)16/h2-7,20H,1H3. The third kappa shape index (κ3) is 3.44. The molecule has 138 valence electrons. The second kappa shape index (κ2) is 6.29. The second-order valence-electron chi connectivity index (χ2n) is 5.35. The molecule has 0 radical (unpaired) electrons. The first-order valence-electron chi connectivity index (χ1n) is 6.98. The van der Waals surface area contributed by atoms with Crippen molar-refractivity contribution < 1.29 is 21.6 Å². The van der Waals surface area contributed by atoms with Crippen LogP contribution in [0.1, 0.15) is 5.56 Å². The number of rotatable bonds is 3. The lowest BCUT2D eigenvalue weighted by molar-refractivity contribution is -0.137. The molecule has 0 amide bonds. The van der Waals surface area contributed by atoms with E-state index in [2.05, 4.69) is 4.72 Å². The number of aromatic nitrogens is 1. The molecule has 0 aliphatic carbocycles. The molecular formula is C15H10ClF3N2O3S2. The molecule has 11 heteroatoms. The first-order chi connectivity index (χ1) is 12.0. The van der Waals surface area contributed by atoms with Crippen molar-refractivity contribution >= 4 is 48.9 Å². The third-order valence-electron chi connectivity index (χ3n) is 3.61. The molecule has 26 heavy (non-hydrogen) atoms. The Morgan fingerprint density at radius 2 is 1.85 bits per heavy atom. The highest BCUT2D eigenvalue weighted by Crippen LogP contribution is 2.34. The summed E-state index contributed by atoms with van der Waals surface area (Å²) in [5.74, 6) is 0. The fraction of sp³-hybridized carbons (Fsp3) is 0.133. The highest BCUT2D eigenvalue weighted by atomic mass is 35.5. The van der Waals surface area contributed by atoms with Crippen LogP contribution in [-0.2, 0) is 23.2 Å². The zero-order chi connectivity index (χ0) is 19.3. The SMILES string of the molecule is Cn1c(=O)sc2cc(S(=O)(=O)Nc3cc(C(F)(F)F)ccc3Cl)ccc21. The summed E-state index contributed by atoms with van der Waals surface area (Å²) in [4.78, 5) is 11.2. The molecule has 0 atom stereocenters. The van der Waals surface area contributed by atoms with Crippen molar-refractivity contribution in [2.24, 2.45) is 7.05 Å². The van der Waals surface area contributed by atoms with Gasteiger partial charge in [0.05, 0.1) is 31.4 Å². The van der Waals surface area contributed by atoms with E-state index in [9.17, 15) is 26.4 Å². The molecule has 0 saturated carbocycles. The van der Waals surface area contributed by atoms with Gasteiger partial charge in [-0.1, -0.05) is 22.9 Å². The van der Waals surface area contributed by atoms with Crippen molar-refractivity contribution in [3.63, 3.8) is 0 Å². The van der Waals surface area contributed by atoms with E-state index in [1.54, 1.807) is 7.05 Å². The van der Waals surface area contributed by atoms with Gasteiger partial charge >= 0.3 is 11.0 Å². The maximum absolute atomic E-state index is 12.8. The Bertz CT molecular complexity index is 1170. The number of nitrogens with zero attached hydrogens (tertiary/aromatic N) is 1. The fourth-order valence-electron chi connectivity index (χ4n) is 2.26. The van der Waals surface area contributed by atoms with Gasteiger partial charge in [-0.25, -0.2) is 8.42 Å². The largest absolute Gasteiger partial charge is 0.416 e. The summed E-state index contributed by atoms with van der Waals surface area (Å²) in [5, 5.41) is -0.174. The van der Waals surface area contributed by atoms with Crippen LogP contribution < -0.4 is 9.60 Å². The average molecular weight is 423 g/mol. The number of alkyl halides is 3. The summed E-state index contributed by atoms with van der Waals surface area (Å²) in [5.41, 5.74) is -0.866. The first kappa shape index (κ1) is 18.7. The average Bonchev–Trinajstić information content (AvgIpc) is 2.82. The Morgan fingerprint density at radius 3 is 2.50 bits per heavy atom. The van der Waals surface area contributed by atoms with Crippen molar-refractivity contribution in [3.05, 3.63) is 56.7 Å². The lowest BCUT2D eigenvalue weighted by Gasteiger charge is -2.13. The van der Waals surface area contributed by atoms with Gasteiger partial charge in [0.1, 0.15) is 0 Å². The van der Waals surface area contributed by atoms with Gasteiger partial charge in [-0.15, -0.1) is 0 Å². The van der Waals surface area contributed by atoms with Gasteiger partial charge in [0, 0.05) is 7.05 Å². The van der Waals surface area contributed by atoms with Crippen LogP contribution in [0.3, 0.4) is 0 Å². The van der Waals surface area contributed by atoms with Crippen molar-refractivity contribution in [1.82, 2.24) is 4.57 Å². The number of nitrogens with one attached hydrogen (secondary N) is 1. The van der Waals surface area contributed by atoms with Crippen LogP contribution in [0.15, 0.2) is 46.1 Å². The highest BCUT2D eigenvalue weighted by molar-refractivity contribution is 7.92. The van der Waals surface area contributed by atoms with E-state index in [-0.39, 0.29) is 20.5 Å². The number of fused-ring (bicyclic) bond motifs is 1. The topological polar surface area (TPSA) is 68.2 Å². The zero-order valence-electron chi connectivity index (χ0n) is 13.0. The minimum Gasteiger partial charge on any atom is -0.302 e. The molecule has 3 rings (SSSR count). The fourth-order valence-corrected chi connectivity index (χ4v) is 4.58. The Balaban J connectivity index is 2.03. The smallest absolute Gasteiger partial charge is 0.302 e. The monoisotopic (exact) mass is 422 g/mol. The molecule has 1 heterocycles. The molecule has 1 aromatic heterocycles. The minimum absolute atomic E-state index is 0.174. The number of sulfonamides is 1. The van der Waals surface area contributed by atoms with Crippen LogP contribution in [0.2, 0.25) is 5.02 Å². The van der Waals surface area contributed by atoms with Crippen molar-refractivity contribution in [3.8, 4) is 0 Å². The predicted molar refractivity (Wildman–Crippen MR) is 94.3 cm³/mol. The number of benzene rings is 2. The number of aryl methyl sites for hydroxylation is 1. The summed E-state index contributed by atoms with van der Waals surface area (Å²) < 4.78 is 67.4. The van der Waals surface area contributed by atoms with Crippen molar-refractivity contribution in [2.75, 3.05) is 4.72 Å². The van der Waals surface area contributed by atoms with Crippen LogP contribution in [0.5, 0.6) is 0 Å². The summed E-state index contributed by atoms with van der Waals surface area (Å²) in [6.07, 6.45) is -4.64. The van der Waals surface area contributed by atoms with Gasteiger partial charge in [0.25, 0.3) is 10.0 Å². The Morgan fingerprint density at radius 1 is 1.15 bits per heavy atom. The number of hydrogen-bond acceptors (Lipinski definition) is 4. The predicted octanol–water partition coefficient (Wildman–Crippen LogP) is 4.07. The Hall–Kier alpha value is -2.04. The van der Waals surface area contributed by atoms with E-state index < -0.39 is 21.8 Å². The van der Waals surface area contributed by atoms with E-state index in [1.165, 1.54) is 22.8 Å². The van der Waals surface area contributed by atoms with Crippen molar-refractivity contribution in [1.29, 1.82) is 0 Å². The number of halogens is 4. The van der Waals surface area contributed by atoms with Crippen molar-refractivity contribution in [2.45, 2.75) is 11.1 Å². The Labute approximate surface area is 154 Å².